The molecule has 2 aliphatic heterocycles. The molecule has 94 valence electrons. The van der Waals surface area contributed by atoms with E-state index in [1.165, 1.54) is 19.3 Å². The number of fused-ring (bicyclic) bond motifs is 7. The minimum Gasteiger partial charge on any atom is -0.344 e. The van der Waals surface area contributed by atoms with Gasteiger partial charge in [0.25, 0.3) is 0 Å². The van der Waals surface area contributed by atoms with Gasteiger partial charge in [-0.25, -0.2) is 9.78 Å². The van der Waals surface area contributed by atoms with E-state index in [0.717, 1.165) is 36.5 Å². The summed E-state index contributed by atoms with van der Waals surface area (Å²) in [5, 5.41) is 0. The van der Waals surface area contributed by atoms with Crippen LogP contribution in [0.25, 0.3) is 0 Å². The Balaban J connectivity index is 1.86. The molecule has 4 heteroatoms. The number of aromatic nitrogens is 2. The zero-order valence-corrected chi connectivity index (χ0v) is 10.4. The summed E-state index contributed by atoms with van der Waals surface area (Å²) in [5.41, 5.74) is 2.07. The van der Waals surface area contributed by atoms with E-state index in [2.05, 4.69) is 20.8 Å². The van der Waals surface area contributed by atoms with Gasteiger partial charge in [-0.1, -0.05) is 0 Å². The molecule has 0 aromatic carbocycles. The summed E-state index contributed by atoms with van der Waals surface area (Å²) in [4.78, 5) is 21.8. The zero-order valence-electron chi connectivity index (χ0n) is 10.4. The summed E-state index contributed by atoms with van der Waals surface area (Å²) in [5.74, 6) is 3.51. The first-order valence-corrected chi connectivity index (χ1v) is 6.93. The quantitative estimate of drug-likeness (QED) is 0.709. The molecule has 1 aromatic rings. The fourth-order valence-corrected chi connectivity index (χ4v) is 4.08. The molecule has 2 fully saturated rings. The van der Waals surface area contributed by atoms with Gasteiger partial charge in [0.1, 0.15) is 11.8 Å². The Labute approximate surface area is 106 Å². The zero-order chi connectivity index (χ0) is 12.1. The predicted octanol–water partition coefficient (Wildman–Crippen LogP) is 1.95. The fourth-order valence-electron chi connectivity index (χ4n) is 4.08. The molecule has 1 aromatic heterocycles. The lowest BCUT2D eigenvalue weighted by atomic mass is 9.78. The molecule has 1 saturated heterocycles. The summed E-state index contributed by atoms with van der Waals surface area (Å²) in [6.07, 6.45) is 7.58. The van der Waals surface area contributed by atoms with E-state index >= 15 is 0 Å². The SMILES string of the molecule is O=C=C1CCCC2C1c1cnc([nH]1)C1CCCN12. The number of carbonyl (C=O) groups excluding carboxylic acids is 1. The van der Waals surface area contributed by atoms with Crippen molar-refractivity contribution in [1.82, 2.24) is 14.9 Å². The van der Waals surface area contributed by atoms with Gasteiger partial charge in [0.15, 0.2) is 0 Å². The Morgan fingerprint density at radius 2 is 2.33 bits per heavy atom. The van der Waals surface area contributed by atoms with Gasteiger partial charge in [-0.05, 0) is 38.6 Å². The van der Waals surface area contributed by atoms with Gasteiger partial charge >= 0.3 is 0 Å². The number of imidazole rings is 1. The Hall–Kier alpha value is -1.38. The molecule has 3 atom stereocenters. The van der Waals surface area contributed by atoms with Crippen molar-refractivity contribution >= 4 is 5.94 Å². The first kappa shape index (κ1) is 10.5. The Bertz CT molecular complexity index is 529. The first-order chi connectivity index (χ1) is 8.88. The van der Waals surface area contributed by atoms with Crippen molar-refractivity contribution in [2.45, 2.75) is 50.1 Å². The highest BCUT2D eigenvalue weighted by Gasteiger charge is 2.44. The van der Waals surface area contributed by atoms with Crippen molar-refractivity contribution in [3.8, 4) is 0 Å². The fraction of sp³-hybridized carbons (Fsp3) is 0.643. The van der Waals surface area contributed by atoms with E-state index < -0.39 is 0 Å². The minimum absolute atomic E-state index is 0.209. The number of nitrogens with zero attached hydrogens (tertiary/aromatic N) is 2. The van der Waals surface area contributed by atoms with Crippen LogP contribution in [0.4, 0.5) is 0 Å². The molecule has 4 rings (SSSR count). The molecule has 1 N–H and O–H groups in total. The average molecular weight is 243 g/mol. The smallest absolute Gasteiger partial charge is 0.124 e. The summed E-state index contributed by atoms with van der Waals surface area (Å²) in [6, 6.07) is 0.925. The van der Waals surface area contributed by atoms with Gasteiger partial charge in [-0.3, -0.25) is 4.90 Å². The molecule has 0 spiro atoms. The van der Waals surface area contributed by atoms with Crippen LogP contribution in [0.1, 0.15) is 55.6 Å². The summed E-state index contributed by atoms with van der Waals surface area (Å²) >= 11 is 0. The van der Waals surface area contributed by atoms with Gasteiger partial charge in [-0.2, -0.15) is 0 Å². The lowest BCUT2D eigenvalue weighted by Crippen LogP contribution is -2.41. The molecule has 0 radical (unpaired) electrons. The lowest BCUT2D eigenvalue weighted by molar-refractivity contribution is 0.142. The van der Waals surface area contributed by atoms with E-state index in [4.69, 9.17) is 0 Å². The van der Waals surface area contributed by atoms with Crippen LogP contribution in [0.15, 0.2) is 11.8 Å². The second kappa shape index (κ2) is 3.81. The van der Waals surface area contributed by atoms with Gasteiger partial charge < -0.3 is 4.98 Å². The molecule has 4 nitrogen and oxygen atoms in total. The van der Waals surface area contributed by atoms with Gasteiger partial charge in [-0.15, -0.1) is 0 Å². The molecule has 1 aliphatic carbocycles. The molecular weight excluding hydrogens is 226 g/mol. The van der Waals surface area contributed by atoms with Crippen LogP contribution >= 0.6 is 0 Å². The van der Waals surface area contributed by atoms with E-state index in [1.807, 2.05) is 6.20 Å². The van der Waals surface area contributed by atoms with Crippen molar-refractivity contribution in [3.05, 3.63) is 23.3 Å². The lowest BCUT2D eigenvalue weighted by Gasteiger charge is -2.39. The third kappa shape index (κ3) is 1.30. The van der Waals surface area contributed by atoms with Crippen molar-refractivity contribution in [2.75, 3.05) is 6.54 Å². The molecule has 2 bridgehead atoms. The average Bonchev–Trinajstić information content (AvgIpc) is 3.02. The largest absolute Gasteiger partial charge is 0.344 e. The van der Waals surface area contributed by atoms with Crippen LogP contribution in [0, 0.1) is 0 Å². The number of aromatic amines is 1. The highest BCUT2D eigenvalue weighted by atomic mass is 16.1. The van der Waals surface area contributed by atoms with E-state index in [0.29, 0.717) is 12.1 Å². The van der Waals surface area contributed by atoms with Crippen LogP contribution in [0.3, 0.4) is 0 Å². The second-order valence-electron chi connectivity index (χ2n) is 5.68. The normalized spacial score (nSPS) is 34.7. The Kier molecular flexibility index (Phi) is 2.23. The monoisotopic (exact) mass is 243 g/mol. The van der Waals surface area contributed by atoms with Crippen molar-refractivity contribution in [1.29, 1.82) is 0 Å². The third-order valence-corrected chi connectivity index (χ3v) is 4.82. The van der Waals surface area contributed by atoms with E-state index in [1.54, 1.807) is 0 Å². The molecule has 3 aliphatic rings. The van der Waals surface area contributed by atoms with Crippen LogP contribution in [0.2, 0.25) is 0 Å². The van der Waals surface area contributed by atoms with Gasteiger partial charge in [0.05, 0.1) is 6.04 Å². The first-order valence-electron chi connectivity index (χ1n) is 6.93. The summed E-state index contributed by atoms with van der Waals surface area (Å²) in [7, 11) is 0. The van der Waals surface area contributed by atoms with Crippen molar-refractivity contribution < 1.29 is 4.79 Å². The summed E-state index contributed by atoms with van der Waals surface area (Å²) in [6.45, 7) is 1.14. The second-order valence-corrected chi connectivity index (χ2v) is 5.68. The highest BCUT2D eigenvalue weighted by molar-refractivity contribution is 5.57. The van der Waals surface area contributed by atoms with Crippen LogP contribution in [-0.4, -0.2) is 33.4 Å². The van der Waals surface area contributed by atoms with Crippen molar-refractivity contribution in [3.63, 3.8) is 0 Å². The number of rotatable bonds is 0. The number of nitrogens with one attached hydrogen (secondary N) is 1. The highest BCUT2D eigenvalue weighted by Crippen LogP contribution is 2.46. The van der Waals surface area contributed by atoms with Crippen molar-refractivity contribution in [2.24, 2.45) is 0 Å². The maximum atomic E-state index is 11.2. The van der Waals surface area contributed by atoms with Gasteiger partial charge in [0.2, 0.25) is 0 Å². The van der Waals surface area contributed by atoms with E-state index in [-0.39, 0.29) is 5.92 Å². The maximum Gasteiger partial charge on any atom is 0.124 e. The Morgan fingerprint density at radius 3 is 3.22 bits per heavy atom. The van der Waals surface area contributed by atoms with E-state index in [9.17, 15) is 4.79 Å². The molecular formula is C14H17N3O. The molecule has 18 heavy (non-hydrogen) atoms. The number of hydrogen-bond donors (Lipinski definition) is 1. The minimum atomic E-state index is 0.209. The molecule has 1 saturated carbocycles. The van der Waals surface area contributed by atoms with Gasteiger partial charge in [0, 0.05) is 29.4 Å². The molecule has 0 amide bonds. The molecule has 3 heterocycles. The maximum absolute atomic E-state index is 11.2. The van der Waals surface area contributed by atoms with Crippen LogP contribution < -0.4 is 0 Å². The van der Waals surface area contributed by atoms with Crippen LogP contribution in [-0.2, 0) is 4.79 Å². The third-order valence-electron chi connectivity index (χ3n) is 4.82. The molecule has 3 unspecified atom stereocenters. The number of H-pyrrole nitrogens is 1. The number of hydrogen-bond acceptors (Lipinski definition) is 3. The predicted molar refractivity (Wildman–Crippen MR) is 66.9 cm³/mol. The van der Waals surface area contributed by atoms with Crippen LogP contribution in [0.5, 0.6) is 0 Å². The standard InChI is InChI=1S/C14H17N3O/c18-8-9-3-1-4-11-13(9)10-7-15-14(16-10)12-5-2-6-17(11)12/h7,11-13H,1-6H2,(H,15,16). The Morgan fingerprint density at radius 1 is 1.39 bits per heavy atom. The topological polar surface area (TPSA) is 49.0 Å². The summed E-state index contributed by atoms with van der Waals surface area (Å²) < 4.78 is 0.